The van der Waals surface area contributed by atoms with Crippen molar-refractivity contribution in [2.24, 2.45) is 5.10 Å². The van der Waals surface area contributed by atoms with Gasteiger partial charge in [-0.2, -0.15) is 23.4 Å². The molecule has 0 aliphatic heterocycles. The molecule has 6 nitrogen and oxygen atoms in total. The topological polar surface area (TPSA) is 72.2 Å². The molecule has 0 radical (unpaired) electrons. The summed E-state index contributed by atoms with van der Waals surface area (Å²) in [6.07, 6.45) is -0.350. The highest BCUT2D eigenvalue weighted by atomic mass is 32.2. The Bertz CT molecular complexity index is 672. The predicted molar refractivity (Wildman–Crippen MR) is 79.0 cm³/mol. The van der Waals surface area contributed by atoms with E-state index in [0.717, 1.165) is 4.68 Å². The first kappa shape index (κ1) is 17.0. The van der Waals surface area contributed by atoms with E-state index in [4.69, 9.17) is 0 Å². The number of pyridine rings is 1. The van der Waals surface area contributed by atoms with Gasteiger partial charge in [-0.05, 0) is 18.2 Å². The van der Waals surface area contributed by atoms with E-state index in [0.29, 0.717) is 5.03 Å². The second kappa shape index (κ2) is 7.77. The van der Waals surface area contributed by atoms with Crippen molar-refractivity contribution in [2.45, 2.75) is 17.7 Å². The summed E-state index contributed by atoms with van der Waals surface area (Å²) < 4.78 is 37.3. The Balaban J connectivity index is 1.76. The number of rotatable bonds is 6. The SMILES string of the molecule is O=C(CSc1ccccn1)N/N=C\c1ccn(CC(F)(F)F)n1. The summed E-state index contributed by atoms with van der Waals surface area (Å²) in [5, 5.41) is 8.02. The number of halogens is 3. The minimum atomic E-state index is -4.34. The number of carbonyl (C=O) groups excluding carboxylic acids is 1. The second-order valence-electron chi connectivity index (χ2n) is 4.30. The first-order valence-electron chi connectivity index (χ1n) is 6.38. The minimum absolute atomic E-state index is 0.122. The number of nitrogens with zero attached hydrogens (tertiary/aromatic N) is 4. The van der Waals surface area contributed by atoms with Gasteiger partial charge in [-0.15, -0.1) is 0 Å². The number of carbonyl (C=O) groups is 1. The van der Waals surface area contributed by atoms with Crippen molar-refractivity contribution in [2.75, 3.05) is 5.75 Å². The number of aromatic nitrogens is 3. The van der Waals surface area contributed by atoms with Crippen LogP contribution in [0.25, 0.3) is 0 Å². The summed E-state index contributed by atoms with van der Waals surface area (Å²) in [5.41, 5.74) is 2.48. The van der Waals surface area contributed by atoms with Gasteiger partial charge in [0.25, 0.3) is 0 Å². The molecule has 0 aromatic carbocycles. The van der Waals surface area contributed by atoms with Crippen LogP contribution in [-0.4, -0.2) is 38.8 Å². The molecule has 2 rings (SSSR count). The van der Waals surface area contributed by atoms with E-state index in [1.165, 1.54) is 30.2 Å². The molecule has 0 atom stereocenters. The first-order chi connectivity index (χ1) is 10.9. The standard InChI is InChI=1S/C13H12F3N5OS/c14-13(15,16)9-21-6-4-10(20-21)7-18-19-11(22)8-23-12-3-1-2-5-17-12/h1-7H,8-9H2,(H,19,22)/b18-7-. The van der Waals surface area contributed by atoms with Crippen molar-refractivity contribution >= 4 is 23.9 Å². The van der Waals surface area contributed by atoms with Gasteiger partial charge in [-0.1, -0.05) is 17.8 Å². The average Bonchev–Trinajstić information content (AvgIpc) is 2.91. The van der Waals surface area contributed by atoms with Crippen LogP contribution in [0.4, 0.5) is 13.2 Å². The van der Waals surface area contributed by atoms with E-state index in [1.807, 2.05) is 6.07 Å². The average molecular weight is 343 g/mol. The van der Waals surface area contributed by atoms with Crippen LogP contribution in [0.1, 0.15) is 5.69 Å². The molecular weight excluding hydrogens is 331 g/mol. The highest BCUT2D eigenvalue weighted by Crippen LogP contribution is 2.16. The molecule has 0 bridgehead atoms. The van der Waals surface area contributed by atoms with Crippen LogP contribution in [0.2, 0.25) is 0 Å². The summed E-state index contributed by atoms with van der Waals surface area (Å²) in [7, 11) is 0. The Kier molecular flexibility index (Phi) is 5.74. The zero-order chi connectivity index (χ0) is 16.7. The highest BCUT2D eigenvalue weighted by Gasteiger charge is 2.28. The number of hydrogen-bond acceptors (Lipinski definition) is 5. The maximum atomic E-state index is 12.2. The maximum Gasteiger partial charge on any atom is 0.408 e. The van der Waals surface area contributed by atoms with Crippen molar-refractivity contribution < 1.29 is 18.0 Å². The Morgan fingerprint density at radius 3 is 2.91 bits per heavy atom. The molecule has 0 saturated heterocycles. The molecule has 1 amide bonds. The van der Waals surface area contributed by atoms with Crippen LogP contribution < -0.4 is 5.43 Å². The molecule has 122 valence electrons. The molecule has 2 aromatic heterocycles. The second-order valence-corrected chi connectivity index (χ2v) is 5.30. The van der Waals surface area contributed by atoms with Crippen molar-refractivity contribution in [1.82, 2.24) is 20.2 Å². The zero-order valence-electron chi connectivity index (χ0n) is 11.7. The van der Waals surface area contributed by atoms with E-state index in [-0.39, 0.29) is 17.4 Å². The molecule has 0 saturated carbocycles. The van der Waals surface area contributed by atoms with Crippen molar-refractivity contribution in [1.29, 1.82) is 0 Å². The molecule has 2 aromatic rings. The van der Waals surface area contributed by atoms with Crippen LogP contribution in [0, 0.1) is 0 Å². The Morgan fingerprint density at radius 2 is 2.22 bits per heavy atom. The van der Waals surface area contributed by atoms with E-state index >= 15 is 0 Å². The van der Waals surface area contributed by atoms with Crippen LogP contribution in [0.3, 0.4) is 0 Å². The number of amides is 1. The van der Waals surface area contributed by atoms with Gasteiger partial charge in [0.15, 0.2) is 0 Å². The van der Waals surface area contributed by atoms with Crippen molar-refractivity contribution in [3.05, 3.63) is 42.4 Å². The lowest BCUT2D eigenvalue weighted by Crippen LogP contribution is -2.20. The van der Waals surface area contributed by atoms with E-state index in [9.17, 15) is 18.0 Å². The van der Waals surface area contributed by atoms with Gasteiger partial charge in [0.05, 0.1) is 17.0 Å². The number of nitrogens with one attached hydrogen (secondary N) is 1. The monoisotopic (exact) mass is 343 g/mol. The molecule has 0 spiro atoms. The summed E-state index contributed by atoms with van der Waals surface area (Å²) in [6, 6.07) is 6.72. The Morgan fingerprint density at radius 1 is 1.39 bits per heavy atom. The van der Waals surface area contributed by atoms with E-state index < -0.39 is 12.7 Å². The fourth-order valence-corrected chi connectivity index (χ4v) is 2.15. The third-order valence-corrected chi connectivity index (χ3v) is 3.32. The smallest absolute Gasteiger partial charge is 0.272 e. The number of alkyl halides is 3. The van der Waals surface area contributed by atoms with Gasteiger partial charge in [0, 0.05) is 12.4 Å². The van der Waals surface area contributed by atoms with Gasteiger partial charge in [-0.3, -0.25) is 9.48 Å². The highest BCUT2D eigenvalue weighted by molar-refractivity contribution is 7.99. The molecule has 0 unspecified atom stereocenters. The van der Waals surface area contributed by atoms with Crippen molar-refractivity contribution in [3.63, 3.8) is 0 Å². The van der Waals surface area contributed by atoms with Gasteiger partial charge >= 0.3 is 6.18 Å². The Labute approximate surface area is 133 Å². The zero-order valence-corrected chi connectivity index (χ0v) is 12.5. The maximum absolute atomic E-state index is 12.2. The van der Waals surface area contributed by atoms with Crippen LogP contribution in [0.15, 0.2) is 46.8 Å². The lowest BCUT2D eigenvalue weighted by Gasteiger charge is -2.04. The molecule has 2 heterocycles. The lowest BCUT2D eigenvalue weighted by molar-refractivity contribution is -0.142. The molecule has 0 fully saturated rings. The molecule has 0 aliphatic carbocycles. The quantitative estimate of drug-likeness (QED) is 0.495. The molecule has 0 aliphatic rings. The molecule has 23 heavy (non-hydrogen) atoms. The summed E-state index contributed by atoms with van der Waals surface area (Å²) in [6.45, 7) is -1.17. The summed E-state index contributed by atoms with van der Waals surface area (Å²) in [5.74, 6) is -0.233. The van der Waals surface area contributed by atoms with Gasteiger partial charge < -0.3 is 0 Å². The van der Waals surface area contributed by atoms with Crippen LogP contribution in [0.5, 0.6) is 0 Å². The van der Waals surface area contributed by atoms with Gasteiger partial charge in [-0.25, -0.2) is 10.4 Å². The van der Waals surface area contributed by atoms with E-state index in [1.54, 1.807) is 18.3 Å². The fraction of sp³-hybridized carbons (Fsp3) is 0.231. The first-order valence-corrected chi connectivity index (χ1v) is 7.37. The molecular formula is C13H12F3N5OS. The summed E-state index contributed by atoms with van der Waals surface area (Å²) >= 11 is 1.24. The lowest BCUT2D eigenvalue weighted by atomic mass is 10.5. The third-order valence-electron chi connectivity index (χ3n) is 2.38. The number of thioether (sulfide) groups is 1. The molecule has 10 heteroatoms. The van der Waals surface area contributed by atoms with Crippen LogP contribution >= 0.6 is 11.8 Å². The Hall–Kier alpha value is -2.36. The third kappa shape index (κ3) is 6.51. The fourth-order valence-electron chi connectivity index (χ4n) is 1.49. The van der Waals surface area contributed by atoms with Crippen LogP contribution in [-0.2, 0) is 11.3 Å². The van der Waals surface area contributed by atoms with Crippen molar-refractivity contribution in [3.8, 4) is 0 Å². The normalized spacial score (nSPS) is 11.8. The van der Waals surface area contributed by atoms with Gasteiger partial charge in [0.1, 0.15) is 12.2 Å². The number of hydrogen-bond donors (Lipinski definition) is 1. The van der Waals surface area contributed by atoms with E-state index in [2.05, 4.69) is 20.6 Å². The van der Waals surface area contributed by atoms with Gasteiger partial charge in [0.2, 0.25) is 5.91 Å². The predicted octanol–water partition coefficient (Wildman–Crippen LogP) is 2.08. The number of hydrazone groups is 1. The molecule has 1 N–H and O–H groups in total. The largest absolute Gasteiger partial charge is 0.408 e. The summed E-state index contributed by atoms with van der Waals surface area (Å²) in [4.78, 5) is 15.6. The minimum Gasteiger partial charge on any atom is -0.272 e.